The minimum atomic E-state index is -1.14. The zero-order valence-corrected chi connectivity index (χ0v) is 7.24. The first-order valence-corrected chi connectivity index (χ1v) is 3.75. The molecule has 0 amide bonds. The normalized spacial score (nSPS) is 9.62. The summed E-state index contributed by atoms with van der Waals surface area (Å²) >= 11 is 0. The van der Waals surface area contributed by atoms with Gasteiger partial charge in [-0.2, -0.15) is 0 Å². The summed E-state index contributed by atoms with van der Waals surface area (Å²) in [5.41, 5.74) is 1.01. The number of aromatic carboxylic acids is 1. The summed E-state index contributed by atoms with van der Waals surface area (Å²) in [5, 5.41) is 18.2. The molecule has 0 bridgehead atoms. The molecule has 2 N–H and O–H groups in total. The van der Waals surface area contributed by atoms with Crippen LogP contribution in [0.3, 0.4) is 0 Å². The minimum Gasteiger partial charge on any atom is -0.506 e. The lowest BCUT2D eigenvalue weighted by atomic mass is 10.0. The lowest BCUT2D eigenvalue weighted by molar-refractivity contribution is 0.0693. The van der Waals surface area contributed by atoms with E-state index in [1.807, 2.05) is 0 Å². The van der Waals surface area contributed by atoms with Gasteiger partial charge >= 0.3 is 5.97 Å². The molecule has 1 aromatic rings. The van der Waals surface area contributed by atoms with Crippen molar-refractivity contribution in [2.75, 3.05) is 0 Å². The molecule has 0 aromatic heterocycles. The molecule has 13 heavy (non-hydrogen) atoms. The molecule has 0 saturated carbocycles. The van der Waals surface area contributed by atoms with E-state index in [0.29, 0.717) is 11.1 Å². The lowest BCUT2D eigenvalue weighted by Crippen LogP contribution is -1.97. The summed E-state index contributed by atoms with van der Waals surface area (Å²) in [7, 11) is 0. The second kappa shape index (κ2) is 3.31. The van der Waals surface area contributed by atoms with Crippen LogP contribution < -0.4 is 0 Å². The molecule has 3 heteroatoms. The van der Waals surface area contributed by atoms with Crippen LogP contribution in [0.15, 0.2) is 24.8 Å². The molecule has 0 fully saturated rings. The maximum Gasteiger partial charge on any atom is 0.339 e. The summed E-state index contributed by atoms with van der Waals surface area (Å²) in [6.07, 6.45) is 0. The van der Waals surface area contributed by atoms with E-state index >= 15 is 0 Å². The van der Waals surface area contributed by atoms with E-state index in [1.54, 1.807) is 19.1 Å². The van der Waals surface area contributed by atoms with E-state index in [-0.39, 0.29) is 11.3 Å². The third-order valence-corrected chi connectivity index (χ3v) is 1.73. The predicted octanol–water partition coefficient (Wildman–Crippen LogP) is 2.12. The fraction of sp³-hybridized carbons (Fsp3) is 0.100. The van der Waals surface area contributed by atoms with Crippen LogP contribution in [0, 0.1) is 0 Å². The van der Waals surface area contributed by atoms with Crippen LogP contribution in [0.5, 0.6) is 5.75 Å². The summed E-state index contributed by atoms with van der Waals surface area (Å²) in [6.45, 7) is 5.34. The standard InChI is InChI=1S/C10H10O3/c1-6(2)7-4-3-5-8(9(7)11)10(12)13/h3-5,11H,1H2,2H3,(H,12,13). The second-order valence-corrected chi connectivity index (χ2v) is 2.79. The molecule has 0 aliphatic carbocycles. The summed E-state index contributed by atoms with van der Waals surface area (Å²) in [4.78, 5) is 10.6. The quantitative estimate of drug-likeness (QED) is 0.729. The van der Waals surface area contributed by atoms with Gasteiger partial charge in [0, 0.05) is 5.56 Å². The van der Waals surface area contributed by atoms with E-state index in [4.69, 9.17) is 5.11 Å². The number of carboxylic acids is 1. The smallest absolute Gasteiger partial charge is 0.339 e. The Morgan fingerprint density at radius 2 is 1.92 bits per heavy atom. The number of rotatable bonds is 2. The number of allylic oxidation sites excluding steroid dienone is 1. The average Bonchev–Trinajstić information content (AvgIpc) is 2.03. The van der Waals surface area contributed by atoms with Gasteiger partial charge in [0.2, 0.25) is 0 Å². The molecule has 0 saturated heterocycles. The van der Waals surface area contributed by atoms with Crippen LogP contribution in [0.1, 0.15) is 22.8 Å². The largest absolute Gasteiger partial charge is 0.506 e. The van der Waals surface area contributed by atoms with Crippen LogP contribution in [-0.4, -0.2) is 16.2 Å². The van der Waals surface area contributed by atoms with Crippen LogP contribution in [0.4, 0.5) is 0 Å². The van der Waals surface area contributed by atoms with Gasteiger partial charge in [0.1, 0.15) is 11.3 Å². The summed E-state index contributed by atoms with van der Waals surface area (Å²) in [5.74, 6) is -1.36. The molecule has 0 heterocycles. The third kappa shape index (κ3) is 1.69. The Kier molecular flexibility index (Phi) is 2.37. The third-order valence-electron chi connectivity index (χ3n) is 1.73. The molecule has 0 radical (unpaired) electrons. The Morgan fingerprint density at radius 1 is 1.38 bits per heavy atom. The van der Waals surface area contributed by atoms with Crippen molar-refractivity contribution in [2.45, 2.75) is 6.92 Å². The number of hydrogen-bond acceptors (Lipinski definition) is 2. The Balaban J connectivity index is 3.35. The highest BCUT2D eigenvalue weighted by atomic mass is 16.4. The number of carboxylic acid groups (broad SMARTS) is 1. The van der Waals surface area contributed by atoms with Gasteiger partial charge in [-0.3, -0.25) is 0 Å². The van der Waals surface area contributed by atoms with Gasteiger partial charge in [-0.15, -0.1) is 0 Å². The van der Waals surface area contributed by atoms with E-state index < -0.39 is 5.97 Å². The summed E-state index contributed by atoms with van der Waals surface area (Å²) in [6, 6.07) is 4.56. The first-order valence-electron chi connectivity index (χ1n) is 3.75. The SMILES string of the molecule is C=C(C)c1cccc(C(=O)O)c1O. The lowest BCUT2D eigenvalue weighted by Gasteiger charge is -2.05. The van der Waals surface area contributed by atoms with Crippen LogP contribution in [-0.2, 0) is 0 Å². The van der Waals surface area contributed by atoms with Crippen LogP contribution in [0.25, 0.3) is 5.57 Å². The van der Waals surface area contributed by atoms with E-state index in [9.17, 15) is 9.90 Å². The highest BCUT2D eigenvalue weighted by molar-refractivity contribution is 5.92. The number of aromatic hydroxyl groups is 1. The fourth-order valence-electron chi connectivity index (χ4n) is 1.06. The monoisotopic (exact) mass is 178 g/mol. The van der Waals surface area contributed by atoms with Crippen molar-refractivity contribution in [1.29, 1.82) is 0 Å². The number of carbonyl (C=O) groups is 1. The van der Waals surface area contributed by atoms with Gasteiger partial charge in [0.25, 0.3) is 0 Å². The molecule has 0 aliphatic heterocycles. The maximum absolute atomic E-state index is 10.6. The Bertz CT molecular complexity index is 334. The van der Waals surface area contributed by atoms with Crippen molar-refractivity contribution in [1.82, 2.24) is 0 Å². The topological polar surface area (TPSA) is 57.5 Å². The van der Waals surface area contributed by atoms with Crippen molar-refractivity contribution >= 4 is 11.5 Å². The highest BCUT2D eigenvalue weighted by Gasteiger charge is 2.12. The van der Waals surface area contributed by atoms with Gasteiger partial charge < -0.3 is 10.2 Å². The maximum atomic E-state index is 10.6. The average molecular weight is 178 g/mol. The number of para-hydroxylation sites is 1. The molecule has 0 atom stereocenters. The number of benzene rings is 1. The molecular weight excluding hydrogens is 168 g/mol. The molecule has 1 aromatic carbocycles. The van der Waals surface area contributed by atoms with Gasteiger partial charge in [-0.25, -0.2) is 4.79 Å². The van der Waals surface area contributed by atoms with Crippen molar-refractivity contribution in [3.8, 4) is 5.75 Å². The molecule has 1 rings (SSSR count). The first kappa shape index (κ1) is 9.32. The fourth-order valence-corrected chi connectivity index (χ4v) is 1.06. The van der Waals surface area contributed by atoms with Crippen molar-refractivity contribution in [2.24, 2.45) is 0 Å². The predicted molar refractivity (Wildman–Crippen MR) is 49.8 cm³/mol. The van der Waals surface area contributed by atoms with Gasteiger partial charge in [0.05, 0.1) is 0 Å². The van der Waals surface area contributed by atoms with Gasteiger partial charge in [0.15, 0.2) is 0 Å². The second-order valence-electron chi connectivity index (χ2n) is 2.79. The molecule has 0 unspecified atom stereocenters. The van der Waals surface area contributed by atoms with E-state index in [2.05, 4.69) is 6.58 Å². The Morgan fingerprint density at radius 3 is 2.38 bits per heavy atom. The number of phenols is 1. The zero-order chi connectivity index (χ0) is 10.0. The molecule has 0 spiro atoms. The van der Waals surface area contributed by atoms with Gasteiger partial charge in [-0.05, 0) is 18.6 Å². The van der Waals surface area contributed by atoms with Crippen molar-refractivity contribution < 1.29 is 15.0 Å². The zero-order valence-electron chi connectivity index (χ0n) is 7.24. The minimum absolute atomic E-state index is 0.0968. The van der Waals surface area contributed by atoms with E-state index in [1.165, 1.54) is 6.07 Å². The molecule has 0 aliphatic rings. The molecule has 68 valence electrons. The Labute approximate surface area is 76.0 Å². The molecular formula is C10H10O3. The van der Waals surface area contributed by atoms with Crippen LogP contribution in [0.2, 0.25) is 0 Å². The molecule has 3 nitrogen and oxygen atoms in total. The van der Waals surface area contributed by atoms with Crippen LogP contribution >= 0.6 is 0 Å². The van der Waals surface area contributed by atoms with E-state index in [0.717, 1.165) is 0 Å². The Hall–Kier alpha value is -1.77. The van der Waals surface area contributed by atoms with Crippen molar-refractivity contribution in [3.05, 3.63) is 35.9 Å². The van der Waals surface area contributed by atoms with Crippen molar-refractivity contribution in [3.63, 3.8) is 0 Å². The van der Waals surface area contributed by atoms with Gasteiger partial charge in [-0.1, -0.05) is 18.7 Å². The first-order chi connectivity index (χ1) is 6.04. The number of hydrogen-bond donors (Lipinski definition) is 2. The highest BCUT2D eigenvalue weighted by Crippen LogP contribution is 2.27. The summed E-state index contributed by atoms with van der Waals surface area (Å²) < 4.78 is 0.